The van der Waals surface area contributed by atoms with Crippen LogP contribution in [0, 0.1) is 0 Å². The molecular weight excluding hydrogens is 166 g/mol. The highest BCUT2D eigenvalue weighted by molar-refractivity contribution is 5.74. The molecule has 0 heterocycles. The number of rotatable bonds is 5. The second-order valence-corrected chi connectivity index (χ2v) is 3.52. The summed E-state index contributed by atoms with van der Waals surface area (Å²) >= 11 is 0. The van der Waals surface area contributed by atoms with Crippen LogP contribution in [0.5, 0.6) is 0 Å². The van der Waals surface area contributed by atoms with Gasteiger partial charge in [0.05, 0.1) is 0 Å². The van der Waals surface area contributed by atoms with Gasteiger partial charge >= 0.3 is 6.03 Å². The average molecular weight is 185 g/mol. The topological polar surface area (TPSA) is 67.1 Å². The van der Waals surface area contributed by atoms with Crippen LogP contribution in [0.3, 0.4) is 0 Å². The molecule has 4 nitrogen and oxygen atoms in total. The molecule has 1 aliphatic carbocycles. The van der Waals surface area contributed by atoms with Gasteiger partial charge in [0.2, 0.25) is 0 Å². The Balaban J connectivity index is 1.91. The van der Waals surface area contributed by atoms with Crippen LogP contribution in [0.2, 0.25) is 0 Å². The van der Waals surface area contributed by atoms with Crippen molar-refractivity contribution in [3.63, 3.8) is 0 Å². The lowest BCUT2D eigenvalue weighted by atomic mass is 9.93. The summed E-state index contributed by atoms with van der Waals surface area (Å²) in [5.41, 5.74) is 5.33. The second kappa shape index (κ2) is 5.80. The van der Waals surface area contributed by atoms with E-state index in [9.17, 15) is 4.79 Å². The summed E-state index contributed by atoms with van der Waals surface area (Å²) in [5, 5.41) is 5.72. The van der Waals surface area contributed by atoms with Crippen LogP contribution >= 0.6 is 0 Å². The number of amides is 2. The van der Waals surface area contributed by atoms with Crippen LogP contribution in [-0.2, 0) is 0 Å². The lowest BCUT2D eigenvalue weighted by Gasteiger charge is -2.26. The van der Waals surface area contributed by atoms with E-state index >= 15 is 0 Å². The summed E-state index contributed by atoms with van der Waals surface area (Å²) in [6, 6.07) is 0.399. The first kappa shape index (κ1) is 10.3. The standard InChI is InChI=1S/C9H19N3O/c10-6-1-2-7-11-9(13)12-8-4-3-5-8/h8H,1-7,10H2,(H2,11,12,13). The zero-order valence-corrected chi connectivity index (χ0v) is 8.01. The molecule has 1 fully saturated rings. The number of unbranched alkanes of at least 4 members (excludes halogenated alkanes) is 1. The van der Waals surface area contributed by atoms with Crippen molar-refractivity contribution >= 4 is 6.03 Å². The molecule has 0 unspecified atom stereocenters. The SMILES string of the molecule is NCCCCNC(=O)NC1CCC1. The van der Waals surface area contributed by atoms with Crippen molar-refractivity contribution in [2.75, 3.05) is 13.1 Å². The van der Waals surface area contributed by atoms with Gasteiger partial charge in [-0.25, -0.2) is 4.79 Å². The molecule has 0 atom stereocenters. The molecule has 0 aliphatic heterocycles. The monoisotopic (exact) mass is 185 g/mol. The summed E-state index contributed by atoms with van der Waals surface area (Å²) in [6.07, 6.45) is 5.46. The molecule has 0 bridgehead atoms. The summed E-state index contributed by atoms with van der Waals surface area (Å²) in [4.78, 5) is 11.2. The van der Waals surface area contributed by atoms with Gasteiger partial charge in [-0.1, -0.05) is 0 Å². The van der Waals surface area contributed by atoms with Crippen molar-refractivity contribution in [2.24, 2.45) is 5.73 Å². The van der Waals surface area contributed by atoms with E-state index in [1.807, 2.05) is 0 Å². The third-order valence-electron chi connectivity index (χ3n) is 2.36. The Morgan fingerprint density at radius 1 is 1.38 bits per heavy atom. The van der Waals surface area contributed by atoms with E-state index in [1.165, 1.54) is 6.42 Å². The molecule has 1 saturated carbocycles. The lowest BCUT2D eigenvalue weighted by Crippen LogP contribution is -2.45. The van der Waals surface area contributed by atoms with Gasteiger partial charge in [-0.2, -0.15) is 0 Å². The molecule has 2 amide bonds. The second-order valence-electron chi connectivity index (χ2n) is 3.52. The minimum atomic E-state index is -0.0262. The zero-order valence-electron chi connectivity index (χ0n) is 8.01. The molecule has 1 aliphatic rings. The minimum Gasteiger partial charge on any atom is -0.338 e. The van der Waals surface area contributed by atoms with Gasteiger partial charge < -0.3 is 16.4 Å². The molecule has 1 rings (SSSR count). The number of urea groups is 1. The fourth-order valence-corrected chi connectivity index (χ4v) is 1.26. The van der Waals surface area contributed by atoms with Crippen molar-refractivity contribution in [1.29, 1.82) is 0 Å². The van der Waals surface area contributed by atoms with E-state index in [0.717, 1.165) is 32.2 Å². The molecule has 4 heteroatoms. The first-order valence-electron chi connectivity index (χ1n) is 5.07. The molecule has 4 N–H and O–H groups in total. The minimum absolute atomic E-state index is 0.0262. The Hall–Kier alpha value is -0.770. The third-order valence-corrected chi connectivity index (χ3v) is 2.36. The Kier molecular flexibility index (Phi) is 4.60. The van der Waals surface area contributed by atoms with Gasteiger partial charge in [-0.05, 0) is 38.6 Å². The van der Waals surface area contributed by atoms with Crippen LogP contribution in [0.25, 0.3) is 0 Å². The van der Waals surface area contributed by atoms with Gasteiger partial charge in [0.25, 0.3) is 0 Å². The number of nitrogens with one attached hydrogen (secondary N) is 2. The summed E-state index contributed by atoms with van der Waals surface area (Å²) in [7, 11) is 0. The quantitative estimate of drug-likeness (QED) is 0.548. The van der Waals surface area contributed by atoms with Crippen LogP contribution in [-0.4, -0.2) is 25.2 Å². The number of carbonyl (C=O) groups excluding carboxylic acids is 1. The van der Waals surface area contributed by atoms with Gasteiger partial charge in [-0.3, -0.25) is 0 Å². The fraction of sp³-hybridized carbons (Fsp3) is 0.889. The van der Waals surface area contributed by atoms with E-state index in [0.29, 0.717) is 12.6 Å². The van der Waals surface area contributed by atoms with E-state index in [1.54, 1.807) is 0 Å². The Morgan fingerprint density at radius 2 is 2.15 bits per heavy atom. The molecule has 13 heavy (non-hydrogen) atoms. The smallest absolute Gasteiger partial charge is 0.315 e. The van der Waals surface area contributed by atoms with Gasteiger partial charge in [0, 0.05) is 12.6 Å². The Morgan fingerprint density at radius 3 is 2.69 bits per heavy atom. The first-order chi connectivity index (χ1) is 6.33. The van der Waals surface area contributed by atoms with Gasteiger partial charge in [-0.15, -0.1) is 0 Å². The van der Waals surface area contributed by atoms with E-state index in [2.05, 4.69) is 10.6 Å². The number of carbonyl (C=O) groups is 1. The highest BCUT2D eigenvalue weighted by atomic mass is 16.2. The van der Waals surface area contributed by atoms with Crippen LogP contribution in [0.15, 0.2) is 0 Å². The third kappa shape index (κ3) is 4.12. The highest BCUT2D eigenvalue weighted by Crippen LogP contribution is 2.17. The van der Waals surface area contributed by atoms with Crippen molar-refractivity contribution in [1.82, 2.24) is 10.6 Å². The average Bonchev–Trinajstić information content (AvgIpc) is 2.06. The maximum absolute atomic E-state index is 11.2. The maximum Gasteiger partial charge on any atom is 0.315 e. The Bertz CT molecular complexity index is 157. The molecule has 0 aromatic heterocycles. The molecule has 76 valence electrons. The van der Waals surface area contributed by atoms with Crippen molar-refractivity contribution in [3.8, 4) is 0 Å². The van der Waals surface area contributed by atoms with Gasteiger partial charge in [0.1, 0.15) is 0 Å². The van der Waals surface area contributed by atoms with Crippen molar-refractivity contribution < 1.29 is 4.79 Å². The van der Waals surface area contributed by atoms with Crippen LogP contribution in [0.1, 0.15) is 32.1 Å². The lowest BCUT2D eigenvalue weighted by molar-refractivity contribution is 0.228. The normalized spacial score (nSPS) is 16.4. The van der Waals surface area contributed by atoms with E-state index in [4.69, 9.17) is 5.73 Å². The molecule has 0 aromatic carbocycles. The number of hydrogen-bond acceptors (Lipinski definition) is 2. The molecular formula is C9H19N3O. The molecule has 0 spiro atoms. The molecule has 0 saturated heterocycles. The van der Waals surface area contributed by atoms with Crippen LogP contribution in [0.4, 0.5) is 4.79 Å². The van der Waals surface area contributed by atoms with E-state index < -0.39 is 0 Å². The Labute approximate surface area is 79.3 Å². The van der Waals surface area contributed by atoms with Gasteiger partial charge in [0.15, 0.2) is 0 Å². The summed E-state index contributed by atoms with van der Waals surface area (Å²) in [6.45, 7) is 1.43. The fourth-order valence-electron chi connectivity index (χ4n) is 1.26. The maximum atomic E-state index is 11.2. The zero-order chi connectivity index (χ0) is 9.52. The molecule has 0 radical (unpaired) electrons. The summed E-state index contributed by atoms with van der Waals surface area (Å²) < 4.78 is 0. The molecule has 0 aromatic rings. The van der Waals surface area contributed by atoms with Crippen molar-refractivity contribution in [2.45, 2.75) is 38.1 Å². The summed E-state index contributed by atoms with van der Waals surface area (Å²) in [5.74, 6) is 0. The van der Waals surface area contributed by atoms with E-state index in [-0.39, 0.29) is 6.03 Å². The van der Waals surface area contributed by atoms with Crippen LogP contribution < -0.4 is 16.4 Å². The predicted molar refractivity (Wildman–Crippen MR) is 52.5 cm³/mol. The predicted octanol–water partition coefficient (Wildman–Crippen LogP) is 0.577. The largest absolute Gasteiger partial charge is 0.338 e. The number of nitrogens with two attached hydrogens (primary N) is 1. The first-order valence-corrected chi connectivity index (χ1v) is 5.07. The highest BCUT2D eigenvalue weighted by Gasteiger charge is 2.18. The number of hydrogen-bond donors (Lipinski definition) is 3. The van der Waals surface area contributed by atoms with Crippen molar-refractivity contribution in [3.05, 3.63) is 0 Å².